The zero-order valence-electron chi connectivity index (χ0n) is 16.5. The van der Waals surface area contributed by atoms with Crippen molar-refractivity contribution in [3.8, 4) is 11.3 Å². The van der Waals surface area contributed by atoms with Gasteiger partial charge >= 0.3 is 0 Å². The van der Waals surface area contributed by atoms with Gasteiger partial charge in [0.2, 0.25) is 0 Å². The van der Waals surface area contributed by atoms with Gasteiger partial charge in [-0.25, -0.2) is 4.39 Å². The molecule has 1 fully saturated rings. The highest BCUT2D eigenvalue weighted by Crippen LogP contribution is 2.43. The number of nitrogens with one attached hydrogen (secondary N) is 1. The summed E-state index contributed by atoms with van der Waals surface area (Å²) in [5, 5.41) is 4.01. The van der Waals surface area contributed by atoms with Gasteiger partial charge in [0.05, 0.1) is 11.7 Å². The van der Waals surface area contributed by atoms with Crippen LogP contribution in [0.2, 0.25) is 0 Å². The lowest BCUT2D eigenvalue weighted by atomic mass is 10.0. The molecule has 4 nitrogen and oxygen atoms in total. The van der Waals surface area contributed by atoms with Crippen molar-refractivity contribution in [3.63, 3.8) is 0 Å². The molecule has 3 heterocycles. The second-order valence-electron chi connectivity index (χ2n) is 7.30. The summed E-state index contributed by atoms with van der Waals surface area (Å²) in [6.07, 6.45) is 1.77. The van der Waals surface area contributed by atoms with E-state index in [4.69, 9.17) is 16.6 Å². The molecule has 0 spiro atoms. The highest BCUT2D eigenvalue weighted by Gasteiger charge is 2.42. The largest absolute Gasteiger partial charge is 0.459 e. The van der Waals surface area contributed by atoms with Crippen molar-refractivity contribution < 1.29 is 8.81 Å². The zero-order chi connectivity index (χ0) is 22.2. The van der Waals surface area contributed by atoms with Crippen LogP contribution in [0.15, 0.2) is 92.4 Å². The first-order valence-corrected chi connectivity index (χ1v) is 11.8. The predicted molar refractivity (Wildman–Crippen MR) is 134 cm³/mol. The molecular weight excluding hydrogens is 557 g/mol. The second kappa shape index (κ2) is 8.77. The van der Waals surface area contributed by atoms with Crippen LogP contribution in [0.1, 0.15) is 23.5 Å². The Hall–Kier alpha value is -2.55. The highest BCUT2D eigenvalue weighted by atomic mass is 79.9. The molecule has 1 aliphatic rings. The third-order valence-electron chi connectivity index (χ3n) is 5.32. The topological polar surface area (TPSA) is 41.3 Å². The van der Waals surface area contributed by atoms with Crippen molar-refractivity contribution >= 4 is 54.9 Å². The third kappa shape index (κ3) is 3.98. The molecule has 1 N–H and O–H groups in total. The molecule has 0 unspecified atom stereocenters. The Labute approximate surface area is 206 Å². The van der Waals surface area contributed by atoms with Gasteiger partial charge in [0.25, 0.3) is 0 Å². The molecule has 0 amide bonds. The lowest BCUT2D eigenvalue weighted by molar-refractivity contribution is 0.439. The Bertz CT molecular complexity index is 1280. The molecule has 2 aromatic carbocycles. The third-order valence-corrected chi connectivity index (χ3v) is 6.82. The number of thiocarbonyl (C=S) groups is 1. The molecular formula is C24H16Br2FN3OS. The summed E-state index contributed by atoms with van der Waals surface area (Å²) in [5.41, 5.74) is 2.58. The van der Waals surface area contributed by atoms with Crippen molar-refractivity contribution in [2.75, 3.05) is 4.90 Å². The Morgan fingerprint density at radius 1 is 1.00 bits per heavy atom. The number of nitrogens with zero attached hydrogens (tertiary/aromatic N) is 2. The van der Waals surface area contributed by atoms with E-state index in [1.807, 2.05) is 59.5 Å². The number of rotatable bonds is 4. The molecule has 2 aromatic heterocycles. The van der Waals surface area contributed by atoms with Gasteiger partial charge in [-0.2, -0.15) is 0 Å². The number of hydrogen-bond acceptors (Lipinski definition) is 3. The quantitative estimate of drug-likeness (QED) is 0.262. The number of benzene rings is 2. The van der Waals surface area contributed by atoms with Crippen LogP contribution in [-0.4, -0.2) is 10.1 Å². The van der Waals surface area contributed by atoms with Crippen LogP contribution < -0.4 is 10.2 Å². The maximum absolute atomic E-state index is 13.6. The standard InChI is InChI=1S/C24H16Br2FN3OS/c25-14-4-7-16(8-5-14)30-23(22(29-24(30)32)19-3-1-2-12-28-19)21-11-10-20(31-21)17-9-6-15(27)13-18(17)26/h1-13,22-23H,(H,29,32)/t22-,23-/m1/s1. The van der Waals surface area contributed by atoms with Gasteiger partial charge in [0, 0.05) is 26.4 Å². The normalized spacial score (nSPS) is 18.1. The average Bonchev–Trinajstić information content (AvgIpc) is 3.39. The zero-order valence-corrected chi connectivity index (χ0v) is 20.5. The number of halogens is 3. The van der Waals surface area contributed by atoms with Crippen molar-refractivity contribution in [3.05, 3.63) is 105 Å². The van der Waals surface area contributed by atoms with Crippen LogP contribution >= 0.6 is 44.1 Å². The first-order chi connectivity index (χ1) is 15.5. The molecule has 0 saturated carbocycles. The monoisotopic (exact) mass is 571 g/mol. The molecule has 1 saturated heterocycles. The smallest absolute Gasteiger partial charge is 0.174 e. The van der Waals surface area contributed by atoms with E-state index < -0.39 is 0 Å². The van der Waals surface area contributed by atoms with Crippen LogP contribution in [-0.2, 0) is 0 Å². The van der Waals surface area contributed by atoms with E-state index >= 15 is 0 Å². The second-order valence-corrected chi connectivity index (χ2v) is 9.46. The lowest BCUT2D eigenvalue weighted by Gasteiger charge is -2.26. The Balaban J connectivity index is 1.60. The van der Waals surface area contributed by atoms with Gasteiger partial charge in [0.1, 0.15) is 23.4 Å². The van der Waals surface area contributed by atoms with Crippen LogP contribution in [0, 0.1) is 5.82 Å². The predicted octanol–water partition coefficient (Wildman–Crippen LogP) is 7.18. The van der Waals surface area contributed by atoms with Crippen LogP contribution in [0.5, 0.6) is 0 Å². The maximum Gasteiger partial charge on any atom is 0.174 e. The molecule has 8 heteroatoms. The summed E-state index contributed by atoms with van der Waals surface area (Å²) in [6, 6.07) is 21.7. The minimum absolute atomic E-state index is 0.206. The molecule has 2 atom stereocenters. The van der Waals surface area contributed by atoms with E-state index in [0.717, 1.165) is 27.2 Å². The van der Waals surface area contributed by atoms with Crippen LogP contribution in [0.4, 0.5) is 10.1 Å². The van der Waals surface area contributed by atoms with E-state index in [2.05, 4.69) is 42.2 Å². The van der Waals surface area contributed by atoms with E-state index in [9.17, 15) is 4.39 Å². The number of furan rings is 1. The fourth-order valence-electron chi connectivity index (χ4n) is 3.87. The van der Waals surface area contributed by atoms with E-state index in [1.54, 1.807) is 12.3 Å². The fourth-order valence-corrected chi connectivity index (χ4v) is 5.03. The summed E-state index contributed by atoms with van der Waals surface area (Å²) in [7, 11) is 0. The van der Waals surface area contributed by atoms with Gasteiger partial charge in [-0.05, 0) is 94.9 Å². The minimum Gasteiger partial charge on any atom is -0.459 e. The molecule has 32 heavy (non-hydrogen) atoms. The van der Waals surface area contributed by atoms with Crippen LogP contribution in [0.3, 0.4) is 0 Å². The molecule has 4 aromatic rings. The van der Waals surface area contributed by atoms with Crippen molar-refractivity contribution in [1.82, 2.24) is 10.3 Å². The Morgan fingerprint density at radius 2 is 1.81 bits per heavy atom. The fraction of sp³-hybridized carbons (Fsp3) is 0.0833. The maximum atomic E-state index is 13.6. The summed E-state index contributed by atoms with van der Waals surface area (Å²) >= 11 is 12.7. The number of aromatic nitrogens is 1. The number of anilines is 1. The van der Waals surface area contributed by atoms with E-state index in [0.29, 0.717) is 15.3 Å². The average molecular weight is 573 g/mol. The van der Waals surface area contributed by atoms with Gasteiger partial charge in [-0.1, -0.05) is 22.0 Å². The number of hydrogen-bond donors (Lipinski definition) is 1. The SMILES string of the molecule is Fc1ccc(-c2ccc([C@@H]3[C@@H](c4ccccn4)NC(=S)N3c3ccc(Br)cc3)o2)c(Br)c1. The summed E-state index contributed by atoms with van der Waals surface area (Å²) < 4.78 is 21.5. The lowest BCUT2D eigenvalue weighted by Crippen LogP contribution is -2.29. The van der Waals surface area contributed by atoms with Crippen molar-refractivity contribution in [2.45, 2.75) is 12.1 Å². The summed E-state index contributed by atoms with van der Waals surface area (Å²) in [6.45, 7) is 0. The highest BCUT2D eigenvalue weighted by molar-refractivity contribution is 9.10. The van der Waals surface area contributed by atoms with Crippen LogP contribution in [0.25, 0.3) is 11.3 Å². The van der Waals surface area contributed by atoms with Gasteiger partial charge in [-0.15, -0.1) is 0 Å². The van der Waals surface area contributed by atoms with Gasteiger partial charge in [0.15, 0.2) is 5.11 Å². The Kier molecular flexibility index (Phi) is 5.84. The molecule has 160 valence electrons. The van der Waals surface area contributed by atoms with E-state index in [1.165, 1.54) is 12.1 Å². The number of pyridine rings is 1. The van der Waals surface area contributed by atoms with E-state index in [-0.39, 0.29) is 17.9 Å². The summed E-state index contributed by atoms with van der Waals surface area (Å²) in [4.78, 5) is 6.60. The van der Waals surface area contributed by atoms with Crippen molar-refractivity contribution in [2.24, 2.45) is 0 Å². The molecule has 5 rings (SSSR count). The Morgan fingerprint density at radius 3 is 2.53 bits per heavy atom. The van der Waals surface area contributed by atoms with Gasteiger partial charge < -0.3 is 14.6 Å². The van der Waals surface area contributed by atoms with Gasteiger partial charge in [-0.3, -0.25) is 4.98 Å². The molecule has 0 radical (unpaired) electrons. The van der Waals surface area contributed by atoms with Crippen molar-refractivity contribution in [1.29, 1.82) is 0 Å². The first-order valence-electron chi connectivity index (χ1n) is 9.82. The minimum atomic E-state index is -0.311. The molecule has 1 aliphatic heterocycles. The molecule has 0 bridgehead atoms. The first kappa shape index (κ1) is 21.3. The summed E-state index contributed by atoms with van der Waals surface area (Å²) in [5.74, 6) is 1.05. The molecule has 0 aliphatic carbocycles.